The number of aromatic nitrogens is 2. The molecule has 230 valence electrons. The van der Waals surface area contributed by atoms with Gasteiger partial charge < -0.3 is 9.13 Å². The van der Waals surface area contributed by atoms with Gasteiger partial charge in [0.2, 0.25) is 23.1 Å². The monoisotopic (exact) mass is 660 g/mol. The van der Waals surface area contributed by atoms with Crippen LogP contribution in [0.5, 0.6) is 0 Å². The van der Waals surface area contributed by atoms with Crippen molar-refractivity contribution in [3.05, 3.63) is 114 Å². The third kappa shape index (κ3) is 3.61. The van der Waals surface area contributed by atoms with Gasteiger partial charge in [0.1, 0.15) is 0 Å². The second-order valence-corrected chi connectivity index (χ2v) is 15.0. The molecule has 4 aliphatic rings. The Kier molecular flexibility index (Phi) is 5.51. The fourth-order valence-electron chi connectivity index (χ4n) is 7.83. The summed E-state index contributed by atoms with van der Waals surface area (Å²) in [5.74, 6) is -1.40. The second kappa shape index (κ2) is 9.56. The Hall–Kier alpha value is -5.44. The standard InChI is InChI=1S/C40H24N2O4S2/c1-41-31-13-19-12-30-32(42(2)34-18-22(48-40(30)34)16-28-24-8-4-6-10-26(24)36(44)38(28)46)14-20(19)11-29(31)39-33(41)17-21(47-39)15-27-23-7-3-5-9-25(23)35(43)37(27)45/h3-20H,1-2H3/b27-15-,28-16-. The third-order valence-corrected chi connectivity index (χ3v) is 12.4. The predicted molar refractivity (Wildman–Crippen MR) is 192 cm³/mol. The Morgan fingerprint density at radius 1 is 0.542 bits per heavy atom. The van der Waals surface area contributed by atoms with E-state index in [0.29, 0.717) is 33.4 Å². The number of carbonyl (C=O) groups excluding carboxylic acids is 4. The van der Waals surface area contributed by atoms with Crippen LogP contribution in [0.3, 0.4) is 0 Å². The van der Waals surface area contributed by atoms with Gasteiger partial charge >= 0.3 is 0 Å². The van der Waals surface area contributed by atoms with Crippen LogP contribution < -0.4 is 21.1 Å². The minimum absolute atomic E-state index is 0.184. The highest BCUT2D eigenvalue weighted by Gasteiger charge is 2.34. The lowest BCUT2D eigenvalue weighted by Gasteiger charge is -2.21. The molecule has 0 amide bonds. The number of Topliss-reactive ketones (excluding diaryl/α,β-unsaturated/α-hetero) is 4. The molecule has 2 aromatic carbocycles. The van der Waals surface area contributed by atoms with Crippen molar-refractivity contribution in [2.45, 2.75) is 0 Å². The Bertz CT molecular complexity index is 2700. The van der Waals surface area contributed by atoms with Crippen molar-refractivity contribution >= 4 is 114 Å². The van der Waals surface area contributed by atoms with Crippen LogP contribution in [0.4, 0.5) is 0 Å². The molecule has 0 N–H and O–H groups in total. The lowest BCUT2D eigenvalue weighted by molar-refractivity contribution is -0.110. The quantitative estimate of drug-likeness (QED) is 0.203. The van der Waals surface area contributed by atoms with Crippen LogP contribution in [-0.4, -0.2) is 32.3 Å². The average molecular weight is 661 g/mol. The molecule has 2 atom stereocenters. The van der Waals surface area contributed by atoms with Gasteiger partial charge in [-0.25, -0.2) is 0 Å². The van der Waals surface area contributed by atoms with E-state index in [1.165, 1.54) is 30.5 Å². The molecule has 0 radical (unpaired) electrons. The van der Waals surface area contributed by atoms with Crippen molar-refractivity contribution in [3.8, 4) is 0 Å². The molecule has 10 rings (SSSR count). The number of thiophene rings is 2. The Morgan fingerprint density at radius 2 is 0.938 bits per heavy atom. The van der Waals surface area contributed by atoms with E-state index in [2.05, 4.69) is 59.7 Å². The zero-order valence-electron chi connectivity index (χ0n) is 25.7. The van der Waals surface area contributed by atoms with E-state index in [1.54, 1.807) is 46.9 Å². The molecule has 4 heterocycles. The molecule has 0 bridgehead atoms. The van der Waals surface area contributed by atoms with Crippen LogP contribution in [0, 0.1) is 11.8 Å². The number of aryl methyl sites for hydroxylation is 2. The predicted octanol–water partition coefficient (Wildman–Crippen LogP) is 4.49. The van der Waals surface area contributed by atoms with Crippen molar-refractivity contribution < 1.29 is 19.2 Å². The summed E-state index contributed by atoms with van der Waals surface area (Å²) in [5.41, 5.74) is 5.49. The number of carbonyl (C=O) groups is 4. The van der Waals surface area contributed by atoms with Crippen LogP contribution in [-0.2, 0) is 23.7 Å². The molecule has 4 aliphatic carbocycles. The van der Waals surface area contributed by atoms with E-state index < -0.39 is 23.1 Å². The number of ketones is 4. The molecular formula is C40H24N2O4S2. The molecule has 6 nitrogen and oxygen atoms in total. The highest BCUT2D eigenvalue weighted by Crippen LogP contribution is 2.36. The number of nitrogens with zero attached hydrogens (tertiary/aromatic N) is 2. The minimum Gasteiger partial charge on any atom is -0.343 e. The minimum atomic E-state index is -0.444. The number of fused-ring (bicyclic) bond motifs is 9. The van der Waals surface area contributed by atoms with Crippen molar-refractivity contribution in [2.75, 3.05) is 0 Å². The first-order valence-corrected chi connectivity index (χ1v) is 17.3. The molecule has 6 aromatic rings. The normalized spacial score (nSPS) is 20.8. The molecule has 0 saturated heterocycles. The largest absolute Gasteiger partial charge is 0.343 e. The lowest BCUT2D eigenvalue weighted by atomic mass is 9.84. The molecular weight excluding hydrogens is 637 g/mol. The molecule has 8 heteroatoms. The summed E-state index contributed by atoms with van der Waals surface area (Å²) < 4.78 is 6.79. The summed E-state index contributed by atoms with van der Waals surface area (Å²) in [6.45, 7) is 0. The van der Waals surface area contributed by atoms with Gasteiger partial charge in [-0.2, -0.15) is 0 Å². The van der Waals surface area contributed by atoms with Crippen molar-refractivity contribution in [2.24, 2.45) is 25.9 Å². The maximum atomic E-state index is 12.8. The van der Waals surface area contributed by atoms with Gasteiger partial charge in [0.15, 0.2) is 0 Å². The topological polar surface area (TPSA) is 78.1 Å². The smallest absolute Gasteiger partial charge is 0.234 e. The van der Waals surface area contributed by atoms with Gasteiger partial charge in [-0.15, -0.1) is 22.7 Å². The number of rotatable bonds is 2. The van der Waals surface area contributed by atoms with E-state index in [9.17, 15) is 19.2 Å². The van der Waals surface area contributed by atoms with Crippen molar-refractivity contribution in [3.63, 3.8) is 0 Å². The van der Waals surface area contributed by atoms with Gasteiger partial charge in [-0.05, 0) is 35.4 Å². The molecule has 4 aromatic heterocycles. The maximum absolute atomic E-state index is 12.8. The van der Waals surface area contributed by atoms with E-state index in [1.807, 2.05) is 36.4 Å². The highest BCUT2D eigenvalue weighted by atomic mass is 32.1. The zero-order chi connectivity index (χ0) is 32.6. The van der Waals surface area contributed by atoms with Crippen LogP contribution in [0.25, 0.3) is 68.0 Å². The van der Waals surface area contributed by atoms with Gasteiger partial charge in [-0.3, -0.25) is 19.2 Å². The first-order chi connectivity index (χ1) is 23.3. The summed E-state index contributed by atoms with van der Waals surface area (Å²) in [6, 6.07) is 18.6. The van der Waals surface area contributed by atoms with Crippen molar-refractivity contribution in [1.82, 2.24) is 9.13 Å². The number of benzene rings is 2. The first kappa shape index (κ1) is 27.7. The van der Waals surface area contributed by atoms with Gasteiger partial charge in [0.05, 0.1) is 20.4 Å². The van der Waals surface area contributed by atoms with Gasteiger partial charge in [0.25, 0.3) is 0 Å². The zero-order valence-corrected chi connectivity index (χ0v) is 27.4. The highest BCUT2D eigenvalue weighted by molar-refractivity contribution is 7.20. The van der Waals surface area contributed by atoms with E-state index in [0.717, 1.165) is 20.8 Å². The molecule has 2 unspecified atom stereocenters. The lowest BCUT2D eigenvalue weighted by Crippen LogP contribution is -2.39. The summed E-state index contributed by atoms with van der Waals surface area (Å²) in [5, 5.41) is 4.75. The molecule has 48 heavy (non-hydrogen) atoms. The van der Waals surface area contributed by atoms with Crippen LogP contribution in [0.2, 0.25) is 0 Å². The third-order valence-electron chi connectivity index (χ3n) is 10.2. The molecule has 0 spiro atoms. The van der Waals surface area contributed by atoms with Crippen molar-refractivity contribution in [1.29, 1.82) is 0 Å². The summed E-state index contributed by atoms with van der Waals surface area (Å²) in [4.78, 5) is 52.7. The molecule has 0 fully saturated rings. The fourth-order valence-corrected chi connectivity index (χ4v) is 10.2. The Balaban J connectivity index is 1.06. The van der Waals surface area contributed by atoms with E-state index in [-0.39, 0.29) is 11.8 Å². The van der Waals surface area contributed by atoms with E-state index >= 15 is 0 Å². The van der Waals surface area contributed by atoms with Gasteiger partial charge in [0, 0.05) is 79.1 Å². The molecule has 0 saturated carbocycles. The summed E-state index contributed by atoms with van der Waals surface area (Å²) in [7, 11) is 4.17. The number of hydrogen-bond donors (Lipinski definition) is 0. The average Bonchev–Trinajstić information content (AvgIpc) is 3.91. The van der Waals surface area contributed by atoms with Gasteiger partial charge in [-0.1, -0.05) is 72.8 Å². The Labute approximate surface area is 280 Å². The Morgan fingerprint density at radius 3 is 1.35 bits per heavy atom. The summed E-state index contributed by atoms with van der Waals surface area (Å²) >= 11 is 3.30. The number of allylic oxidation sites excluding steroid dienone is 2. The fraction of sp³-hybridized carbons (Fsp3) is 0.100. The summed E-state index contributed by atoms with van der Waals surface area (Å²) in [6.07, 6.45) is 13.2. The second-order valence-electron chi connectivity index (χ2n) is 12.8. The SMILES string of the molecule is Cn1c2c(c3sc(/C=C4\C(=O)C(=O)c5ccccc54)cc31)=CC1C=c3c(c4sc(/C=C5\C(=O)C(=O)c6ccccc65)cc4n3C)=CC1C=2. The maximum Gasteiger partial charge on any atom is 0.234 e. The number of hydrogen-bond acceptors (Lipinski definition) is 6. The molecule has 0 aliphatic heterocycles. The van der Waals surface area contributed by atoms with E-state index in [4.69, 9.17) is 0 Å². The van der Waals surface area contributed by atoms with Crippen LogP contribution in [0.15, 0.2) is 60.7 Å². The van der Waals surface area contributed by atoms with Crippen LogP contribution in [0.1, 0.15) is 41.6 Å². The first-order valence-electron chi connectivity index (χ1n) is 15.7. The van der Waals surface area contributed by atoms with Crippen LogP contribution >= 0.6 is 22.7 Å².